The number of rotatable bonds is 3. The standard InChI is InChI=1S/C11H20O3/c1-8(2)14-10-6-4-5-9(7-10)11(12)13-3/h8-10H,4-7H2,1-3H3. The molecule has 0 bridgehead atoms. The lowest BCUT2D eigenvalue weighted by Crippen LogP contribution is -2.30. The van der Waals surface area contributed by atoms with Crippen LogP contribution in [0.2, 0.25) is 0 Å². The van der Waals surface area contributed by atoms with E-state index >= 15 is 0 Å². The Morgan fingerprint density at radius 2 is 2.07 bits per heavy atom. The summed E-state index contributed by atoms with van der Waals surface area (Å²) in [5, 5.41) is 0. The van der Waals surface area contributed by atoms with Gasteiger partial charge in [-0.05, 0) is 33.1 Å². The molecule has 14 heavy (non-hydrogen) atoms. The van der Waals surface area contributed by atoms with Crippen LogP contribution in [-0.2, 0) is 14.3 Å². The zero-order valence-corrected chi connectivity index (χ0v) is 9.29. The van der Waals surface area contributed by atoms with Gasteiger partial charge in [-0.3, -0.25) is 4.79 Å². The maximum Gasteiger partial charge on any atom is 0.308 e. The predicted molar refractivity (Wildman–Crippen MR) is 54.0 cm³/mol. The van der Waals surface area contributed by atoms with Crippen molar-refractivity contribution in [1.82, 2.24) is 0 Å². The van der Waals surface area contributed by atoms with Crippen LogP contribution in [0.3, 0.4) is 0 Å². The summed E-state index contributed by atoms with van der Waals surface area (Å²) < 4.78 is 10.5. The quantitative estimate of drug-likeness (QED) is 0.655. The highest BCUT2D eigenvalue weighted by Crippen LogP contribution is 2.27. The van der Waals surface area contributed by atoms with E-state index in [9.17, 15) is 4.79 Å². The monoisotopic (exact) mass is 200 g/mol. The third kappa shape index (κ3) is 3.29. The molecule has 0 saturated heterocycles. The molecule has 1 aliphatic rings. The van der Waals surface area contributed by atoms with E-state index in [-0.39, 0.29) is 24.1 Å². The van der Waals surface area contributed by atoms with Crippen molar-refractivity contribution in [1.29, 1.82) is 0 Å². The topological polar surface area (TPSA) is 35.5 Å². The third-order valence-corrected chi connectivity index (χ3v) is 2.63. The first-order valence-electron chi connectivity index (χ1n) is 5.36. The number of carbonyl (C=O) groups excluding carboxylic acids is 1. The second-order valence-electron chi connectivity index (χ2n) is 4.19. The Kier molecular flexibility index (Phi) is 4.39. The van der Waals surface area contributed by atoms with Crippen molar-refractivity contribution in [2.45, 2.75) is 51.7 Å². The molecule has 0 aromatic heterocycles. The molecule has 2 atom stereocenters. The predicted octanol–water partition coefficient (Wildman–Crippen LogP) is 2.14. The molecular formula is C11H20O3. The van der Waals surface area contributed by atoms with Gasteiger partial charge in [-0.15, -0.1) is 0 Å². The summed E-state index contributed by atoms with van der Waals surface area (Å²) in [6.45, 7) is 4.06. The van der Waals surface area contributed by atoms with Crippen molar-refractivity contribution in [2.24, 2.45) is 5.92 Å². The second-order valence-corrected chi connectivity index (χ2v) is 4.19. The number of hydrogen-bond acceptors (Lipinski definition) is 3. The zero-order valence-electron chi connectivity index (χ0n) is 9.29. The molecule has 3 heteroatoms. The average Bonchev–Trinajstić information content (AvgIpc) is 2.16. The summed E-state index contributed by atoms with van der Waals surface area (Å²) in [5.41, 5.74) is 0. The number of ether oxygens (including phenoxy) is 2. The molecule has 0 radical (unpaired) electrons. The highest BCUT2D eigenvalue weighted by molar-refractivity contribution is 5.72. The maximum absolute atomic E-state index is 11.3. The largest absolute Gasteiger partial charge is 0.469 e. The Morgan fingerprint density at radius 3 is 2.64 bits per heavy atom. The average molecular weight is 200 g/mol. The van der Waals surface area contributed by atoms with Gasteiger partial charge in [0.1, 0.15) is 0 Å². The van der Waals surface area contributed by atoms with Crippen LogP contribution in [0, 0.1) is 5.92 Å². The molecule has 0 aliphatic heterocycles. The van der Waals surface area contributed by atoms with Gasteiger partial charge in [-0.1, -0.05) is 6.42 Å². The van der Waals surface area contributed by atoms with E-state index in [4.69, 9.17) is 9.47 Å². The molecule has 82 valence electrons. The Morgan fingerprint density at radius 1 is 1.36 bits per heavy atom. The van der Waals surface area contributed by atoms with Gasteiger partial charge < -0.3 is 9.47 Å². The lowest BCUT2D eigenvalue weighted by atomic mass is 9.87. The molecule has 1 aliphatic carbocycles. The molecule has 0 aromatic carbocycles. The molecular weight excluding hydrogens is 180 g/mol. The minimum absolute atomic E-state index is 0.0532. The van der Waals surface area contributed by atoms with Crippen molar-refractivity contribution in [3.63, 3.8) is 0 Å². The summed E-state index contributed by atoms with van der Waals surface area (Å²) >= 11 is 0. The molecule has 1 rings (SSSR count). The lowest BCUT2D eigenvalue weighted by Gasteiger charge is -2.28. The first kappa shape index (κ1) is 11.5. The van der Waals surface area contributed by atoms with Crippen LogP contribution in [0.15, 0.2) is 0 Å². The number of carbonyl (C=O) groups is 1. The van der Waals surface area contributed by atoms with Gasteiger partial charge in [0.05, 0.1) is 25.2 Å². The Hall–Kier alpha value is -0.570. The highest BCUT2D eigenvalue weighted by atomic mass is 16.5. The van der Waals surface area contributed by atoms with Crippen LogP contribution in [0.1, 0.15) is 39.5 Å². The molecule has 1 saturated carbocycles. The molecule has 0 spiro atoms. The SMILES string of the molecule is COC(=O)C1CCCC(OC(C)C)C1. The fourth-order valence-electron chi connectivity index (χ4n) is 2.03. The van der Waals surface area contributed by atoms with Gasteiger partial charge in [0, 0.05) is 0 Å². The van der Waals surface area contributed by atoms with Crippen molar-refractivity contribution in [3.05, 3.63) is 0 Å². The van der Waals surface area contributed by atoms with Crippen LogP contribution < -0.4 is 0 Å². The molecule has 0 amide bonds. The molecule has 0 aromatic rings. The summed E-state index contributed by atoms with van der Waals surface area (Å²) in [4.78, 5) is 11.3. The van der Waals surface area contributed by atoms with Crippen LogP contribution in [-0.4, -0.2) is 25.3 Å². The first-order valence-corrected chi connectivity index (χ1v) is 5.36. The summed E-state index contributed by atoms with van der Waals surface area (Å²) in [5.74, 6) is -0.0282. The van der Waals surface area contributed by atoms with E-state index in [0.29, 0.717) is 0 Å². The molecule has 2 unspecified atom stereocenters. The minimum atomic E-state index is -0.0814. The number of methoxy groups -OCH3 is 1. The molecule has 0 heterocycles. The fourth-order valence-corrected chi connectivity index (χ4v) is 2.03. The van der Waals surface area contributed by atoms with E-state index < -0.39 is 0 Å². The van der Waals surface area contributed by atoms with E-state index in [1.165, 1.54) is 7.11 Å². The Balaban J connectivity index is 2.39. The fraction of sp³-hybridized carbons (Fsp3) is 0.909. The molecule has 3 nitrogen and oxygen atoms in total. The number of hydrogen-bond donors (Lipinski definition) is 0. The maximum atomic E-state index is 11.3. The van der Waals surface area contributed by atoms with E-state index in [1.54, 1.807) is 0 Å². The normalized spacial score (nSPS) is 27.7. The van der Waals surface area contributed by atoms with Gasteiger partial charge >= 0.3 is 5.97 Å². The summed E-state index contributed by atoms with van der Waals surface area (Å²) in [7, 11) is 1.45. The van der Waals surface area contributed by atoms with E-state index in [0.717, 1.165) is 25.7 Å². The third-order valence-electron chi connectivity index (χ3n) is 2.63. The Bertz CT molecular complexity index is 189. The smallest absolute Gasteiger partial charge is 0.308 e. The summed E-state index contributed by atoms with van der Waals surface area (Å²) in [6.07, 6.45) is 4.41. The van der Waals surface area contributed by atoms with Gasteiger partial charge in [0.25, 0.3) is 0 Å². The van der Waals surface area contributed by atoms with Crippen LogP contribution in [0.25, 0.3) is 0 Å². The molecule has 1 fully saturated rings. The van der Waals surface area contributed by atoms with Gasteiger partial charge in [-0.25, -0.2) is 0 Å². The van der Waals surface area contributed by atoms with Gasteiger partial charge in [-0.2, -0.15) is 0 Å². The summed E-state index contributed by atoms with van der Waals surface area (Å²) in [6, 6.07) is 0. The minimum Gasteiger partial charge on any atom is -0.469 e. The molecule has 0 N–H and O–H groups in total. The second kappa shape index (κ2) is 5.35. The van der Waals surface area contributed by atoms with Crippen molar-refractivity contribution >= 4 is 5.97 Å². The van der Waals surface area contributed by atoms with Crippen LogP contribution >= 0.6 is 0 Å². The van der Waals surface area contributed by atoms with Crippen LogP contribution in [0.5, 0.6) is 0 Å². The highest BCUT2D eigenvalue weighted by Gasteiger charge is 2.28. The van der Waals surface area contributed by atoms with Crippen molar-refractivity contribution in [3.8, 4) is 0 Å². The first-order chi connectivity index (χ1) is 6.63. The van der Waals surface area contributed by atoms with E-state index in [1.807, 2.05) is 13.8 Å². The van der Waals surface area contributed by atoms with Crippen molar-refractivity contribution in [2.75, 3.05) is 7.11 Å². The Labute approximate surface area is 85.8 Å². The van der Waals surface area contributed by atoms with Gasteiger partial charge in [0.15, 0.2) is 0 Å². The van der Waals surface area contributed by atoms with Crippen LogP contribution in [0.4, 0.5) is 0 Å². The van der Waals surface area contributed by atoms with Crippen molar-refractivity contribution < 1.29 is 14.3 Å². The zero-order chi connectivity index (χ0) is 10.6. The number of esters is 1. The van der Waals surface area contributed by atoms with Gasteiger partial charge in [0.2, 0.25) is 0 Å². The van der Waals surface area contributed by atoms with E-state index in [2.05, 4.69) is 0 Å². The lowest BCUT2D eigenvalue weighted by molar-refractivity contribution is -0.149.